The Morgan fingerprint density at radius 3 is 2.71 bits per heavy atom. The molecule has 0 aliphatic rings. The first-order valence-electron chi connectivity index (χ1n) is 6.31. The van der Waals surface area contributed by atoms with Crippen LogP contribution in [-0.4, -0.2) is 45.5 Å². The molecule has 0 unspecified atom stereocenters. The number of hydrogen-bond donors (Lipinski definition) is 1. The number of methoxy groups -OCH3 is 2. The molecular weight excluding hydrogens is 276 g/mol. The summed E-state index contributed by atoms with van der Waals surface area (Å²) in [6.07, 6.45) is 0.455. The van der Waals surface area contributed by atoms with Crippen molar-refractivity contribution >= 4 is 5.97 Å². The number of aliphatic carboxylic acids is 1. The van der Waals surface area contributed by atoms with Gasteiger partial charge in [-0.1, -0.05) is 6.07 Å². The molecule has 1 aromatic carbocycles. The Bertz CT molecular complexity index is 626. The predicted molar refractivity (Wildman–Crippen MR) is 72.4 cm³/mol. The van der Waals surface area contributed by atoms with Gasteiger partial charge in [0.05, 0.1) is 14.2 Å². The standard InChI is InChI=1S/C13H16N4O4/c1-20-10-4-3-9(7-11(10)21-2)5-6-17-12(8-13(18)19)14-15-16-17/h3-4,7H,5-6,8H2,1-2H3,(H,18,19). The molecule has 0 aliphatic heterocycles. The predicted octanol–water partition coefficient (Wildman–Crippen LogP) is 0.560. The van der Waals surface area contributed by atoms with Gasteiger partial charge < -0.3 is 14.6 Å². The molecule has 0 spiro atoms. The van der Waals surface area contributed by atoms with Gasteiger partial charge in [-0.25, -0.2) is 4.68 Å². The lowest BCUT2D eigenvalue weighted by atomic mass is 10.1. The number of rotatable bonds is 7. The first-order chi connectivity index (χ1) is 10.1. The van der Waals surface area contributed by atoms with Crippen molar-refractivity contribution in [2.24, 2.45) is 0 Å². The summed E-state index contributed by atoms with van der Waals surface area (Å²) in [5, 5.41) is 19.8. The van der Waals surface area contributed by atoms with Crippen molar-refractivity contribution in [3.63, 3.8) is 0 Å². The molecule has 0 saturated heterocycles. The summed E-state index contributed by atoms with van der Waals surface area (Å²) in [5.41, 5.74) is 1.02. The molecule has 1 heterocycles. The van der Waals surface area contributed by atoms with Crippen molar-refractivity contribution < 1.29 is 19.4 Å². The lowest BCUT2D eigenvalue weighted by molar-refractivity contribution is -0.136. The molecule has 1 N–H and O–H groups in total. The van der Waals surface area contributed by atoms with Crippen LogP contribution in [0.25, 0.3) is 0 Å². The van der Waals surface area contributed by atoms with Crippen LogP contribution in [0.1, 0.15) is 11.4 Å². The van der Waals surface area contributed by atoms with Crippen LogP contribution in [-0.2, 0) is 24.2 Å². The molecule has 0 bridgehead atoms. The van der Waals surface area contributed by atoms with Crippen LogP contribution in [0.2, 0.25) is 0 Å². The number of nitrogens with zero attached hydrogens (tertiary/aromatic N) is 4. The van der Waals surface area contributed by atoms with E-state index in [1.807, 2.05) is 18.2 Å². The van der Waals surface area contributed by atoms with Gasteiger partial charge in [0.25, 0.3) is 0 Å². The van der Waals surface area contributed by atoms with E-state index < -0.39 is 5.97 Å². The molecule has 1 aromatic heterocycles. The summed E-state index contributed by atoms with van der Waals surface area (Å²) >= 11 is 0. The largest absolute Gasteiger partial charge is 0.493 e. The number of hydrogen-bond acceptors (Lipinski definition) is 6. The van der Waals surface area contributed by atoms with Gasteiger partial charge in [-0.2, -0.15) is 0 Å². The number of benzene rings is 1. The van der Waals surface area contributed by atoms with Crippen molar-refractivity contribution in [2.45, 2.75) is 19.4 Å². The van der Waals surface area contributed by atoms with E-state index in [9.17, 15) is 4.79 Å². The van der Waals surface area contributed by atoms with E-state index in [1.165, 1.54) is 4.68 Å². The third-order valence-electron chi connectivity index (χ3n) is 2.98. The number of aryl methyl sites for hydroxylation is 2. The van der Waals surface area contributed by atoms with Gasteiger partial charge in [0, 0.05) is 6.54 Å². The molecule has 0 fully saturated rings. The molecule has 2 aromatic rings. The van der Waals surface area contributed by atoms with E-state index in [0.717, 1.165) is 5.56 Å². The maximum Gasteiger partial charge on any atom is 0.311 e. The number of carbonyl (C=O) groups is 1. The highest BCUT2D eigenvalue weighted by atomic mass is 16.5. The average Bonchev–Trinajstić information content (AvgIpc) is 2.91. The summed E-state index contributed by atoms with van der Waals surface area (Å²) in [5.74, 6) is 0.688. The van der Waals surface area contributed by atoms with Crippen LogP contribution in [0.4, 0.5) is 0 Å². The smallest absolute Gasteiger partial charge is 0.311 e. The highest BCUT2D eigenvalue weighted by Gasteiger charge is 2.11. The van der Waals surface area contributed by atoms with Crippen LogP contribution in [0, 0.1) is 0 Å². The Labute approximate surface area is 121 Å². The number of carboxylic acids is 1. The SMILES string of the molecule is COc1ccc(CCn2nnnc2CC(=O)O)cc1OC. The van der Waals surface area contributed by atoms with Crippen LogP contribution >= 0.6 is 0 Å². The van der Waals surface area contributed by atoms with Gasteiger partial charge in [-0.3, -0.25) is 4.79 Å². The third-order valence-corrected chi connectivity index (χ3v) is 2.98. The minimum absolute atomic E-state index is 0.196. The Morgan fingerprint density at radius 2 is 2.05 bits per heavy atom. The highest BCUT2D eigenvalue weighted by molar-refractivity contribution is 5.68. The second-order valence-electron chi connectivity index (χ2n) is 4.33. The number of tetrazole rings is 1. The van der Waals surface area contributed by atoms with E-state index in [-0.39, 0.29) is 6.42 Å². The molecular formula is C13H16N4O4. The Hall–Kier alpha value is -2.64. The van der Waals surface area contributed by atoms with E-state index in [1.54, 1.807) is 14.2 Å². The monoisotopic (exact) mass is 292 g/mol. The fourth-order valence-corrected chi connectivity index (χ4v) is 1.93. The van der Waals surface area contributed by atoms with E-state index in [2.05, 4.69) is 15.5 Å². The highest BCUT2D eigenvalue weighted by Crippen LogP contribution is 2.27. The first-order valence-corrected chi connectivity index (χ1v) is 6.31. The lowest BCUT2D eigenvalue weighted by Gasteiger charge is -2.09. The Balaban J connectivity index is 2.06. The van der Waals surface area contributed by atoms with Crippen LogP contribution < -0.4 is 9.47 Å². The van der Waals surface area contributed by atoms with Gasteiger partial charge in [0.1, 0.15) is 6.42 Å². The first kappa shape index (κ1) is 14.8. The van der Waals surface area contributed by atoms with Gasteiger partial charge in [0.2, 0.25) is 0 Å². The lowest BCUT2D eigenvalue weighted by Crippen LogP contribution is -2.12. The molecule has 112 valence electrons. The normalized spacial score (nSPS) is 10.4. The fourth-order valence-electron chi connectivity index (χ4n) is 1.93. The second-order valence-corrected chi connectivity index (χ2v) is 4.33. The zero-order valence-corrected chi connectivity index (χ0v) is 11.8. The van der Waals surface area contributed by atoms with Gasteiger partial charge >= 0.3 is 5.97 Å². The Kier molecular flexibility index (Phi) is 4.70. The van der Waals surface area contributed by atoms with Crippen LogP contribution in [0.5, 0.6) is 11.5 Å². The van der Waals surface area contributed by atoms with Crippen molar-refractivity contribution in [3.8, 4) is 11.5 Å². The van der Waals surface area contributed by atoms with Crippen LogP contribution in [0.15, 0.2) is 18.2 Å². The van der Waals surface area contributed by atoms with Crippen molar-refractivity contribution in [2.75, 3.05) is 14.2 Å². The number of carboxylic acid groups (broad SMARTS) is 1. The van der Waals surface area contributed by atoms with Crippen molar-refractivity contribution in [3.05, 3.63) is 29.6 Å². The van der Waals surface area contributed by atoms with Crippen LogP contribution in [0.3, 0.4) is 0 Å². The van der Waals surface area contributed by atoms with Crippen molar-refractivity contribution in [1.82, 2.24) is 20.2 Å². The van der Waals surface area contributed by atoms with E-state index >= 15 is 0 Å². The average molecular weight is 292 g/mol. The van der Waals surface area contributed by atoms with Crippen molar-refractivity contribution in [1.29, 1.82) is 0 Å². The zero-order chi connectivity index (χ0) is 15.2. The molecule has 0 atom stereocenters. The third kappa shape index (κ3) is 3.68. The minimum Gasteiger partial charge on any atom is -0.493 e. The summed E-state index contributed by atoms with van der Waals surface area (Å²) in [4.78, 5) is 10.7. The molecule has 21 heavy (non-hydrogen) atoms. The zero-order valence-electron chi connectivity index (χ0n) is 11.8. The van der Waals surface area contributed by atoms with Gasteiger partial charge in [-0.05, 0) is 34.5 Å². The fraction of sp³-hybridized carbons (Fsp3) is 0.385. The number of ether oxygens (including phenoxy) is 2. The minimum atomic E-state index is -0.961. The number of aromatic nitrogens is 4. The molecule has 8 heteroatoms. The molecule has 0 amide bonds. The maximum atomic E-state index is 10.7. The quantitative estimate of drug-likeness (QED) is 0.795. The second kappa shape index (κ2) is 6.69. The van der Waals surface area contributed by atoms with E-state index in [4.69, 9.17) is 14.6 Å². The maximum absolute atomic E-state index is 10.7. The summed E-state index contributed by atoms with van der Waals surface area (Å²) in [7, 11) is 3.16. The topological polar surface area (TPSA) is 99.4 Å². The molecule has 0 aliphatic carbocycles. The summed E-state index contributed by atoms with van der Waals surface area (Å²) < 4.78 is 11.9. The molecule has 0 saturated carbocycles. The molecule has 2 rings (SSSR count). The van der Waals surface area contributed by atoms with Gasteiger partial charge in [-0.15, -0.1) is 5.10 Å². The Morgan fingerprint density at radius 1 is 1.29 bits per heavy atom. The van der Waals surface area contributed by atoms with Gasteiger partial charge in [0.15, 0.2) is 17.3 Å². The summed E-state index contributed by atoms with van der Waals surface area (Å²) in [6.45, 7) is 0.491. The van der Waals surface area contributed by atoms with E-state index in [0.29, 0.717) is 30.3 Å². The molecule has 8 nitrogen and oxygen atoms in total. The molecule has 0 radical (unpaired) electrons. The summed E-state index contributed by atoms with van der Waals surface area (Å²) in [6, 6.07) is 5.62.